The molecular weight excluding hydrogens is 316 g/mol. The van der Waals surface area contributed by atoms with E-state index in [-0.39, 0.29) is 23.8 Å². The van der Waals surface area contributed by atoms with E-state index in [4.69, 9.17) is 9.47 Å². The molecule has 134 valence electrons. The van der Waals surface area contributed by atoms with Crippen LogP contribution in [0.5, 0.6) is 0 Å². The fourth-order valence-electron chi connectivity index (χ4n) is 4.08. The van der Waals surface area contributed by atoms with E-state index in [1.807, 2.05) is 0 Å². The van der Waals surface area contributed by atoms with Crippen LogP contribution in [0, 0.1) is 11.8 Å². The van der Waals surface area contributed by atoms with Crippen LogP contribution < -0.4 is 5.32 Å². The summed E-state index contributed by atoms with van der Waals surface area (Å²) in [5.74, 6) is -1.01. The highest BCUT2D eigenvalue weighted by atomic mass is 16.6. The fraction of sp³-hybridized carbons (Fsp3) is 0.812. The predicted molar refractivity (Wildman–Crippen MR) is 81.8 cm³/mol. The molecule has 1 saturated carbocycles. The minimum absolute atomic E-state index is 0.0787. The zero-order chi connectivity index (χ0) is 17.6. The summed E-state index contributed by atoms with van der Waals surface area (Å²) in [6.45, 7) is 5.31. The molecule has 2 N–H and O–H groups in total. The Balaban J connectivity index is 1.80. The number of fused-ring (bicyclic) bond motifs is 3. The summed E-state index contributed by atoms with van der Waals surface area (Å²) in [6, 6.07) is -1.66. The molecule has 2 unspecified atom stereocenters. The molecule has 0 aromatic heterocycles. The number of ether oxygens (including phenoxy) is 2. The summed E-state index contributed by atoms with van der Waals surface area (Å²) in [4.78, 5) is 38.7. The van der Waals surface area contributed by atoms with Crippen molar-refractivity contribution in [3.05, 3.63) is 0 Å². The van der Waals surface area contributed by atoms with Crippen LogP contribution in [-0.2, 0) is 19.1 Å². The normalized spacial score (nSPS) is 38.5. The highest BCUT2D eigenvalue weighted by Gasteiger charge is 2.56. The Kier molecular flexibility index (Phi) is 4.42. The first-order valence-electron chi connectivity index (χ1n) is 8.45. The van der Waals surface area contributed by atoms with Crippen molar-refractivity contribution in [2.45, 2.75) is 64.0 Å². The molecule has 0 spiro atoms. The van der Waals surface area contributed by atoms with Gasteiger partial charge < -0.3 is 24.8 Å². The molecule has 0 bridgehead atoms. The van der Waals surface area contributed by atoms with Crippen LogP contribution in [0.25, 0.3) is 0 Å². The predicted octanol–water partition coefficient (Wildman–Crippen LogP) is 0.0328. The lowest BCUT2D eigenvalue weighted by Crippen LogP contribution is -2.53. The maximum Gasteiger partial charge on any atom is 0.408 e. The summed E-state index contributed by atoms with van der Waals surface area (Å²) in [5, 5.41) is 12.6. The van der Waals surface area contributed by atoms with Gasteiger partial charge in [-0.15, -0.1) is 0 Å². The first-order chi connectivity index (χ1) is 11.3. The average Bonchev–Trinajstić information content (AvgIpc) is 3.00. The van der Waals surface area contributed by atoms with E-state index in [9.17, 15) is 19.5 Å². The van der Waals surface area contributed by atoms with Gasteiger partial charge in [0.2, 0.25) is 5.91 Å². The van der Waals surface area contributed by atoms with Crippen LogP contribution >= 0.6 is 0 Å². The topological polar surface area (TPSA) is 105 Å². The van der Waals surface area contributed by atoms with E-state index < -0.39 is 36.4 Å². The molecule has 3 aliphatic rings. The van der Waals surface area contributed by atoms with E-state index >= 15 is 0 Å². The van der Waals surface area contributed by atoms with Gasteiger partial charge in [0.1, 0.15) is 18.2 Å². The molecule has 3 rings (SSSR count). The number of aliphatic hydroxyl groups is 1. The van der Waals surface area contributed by atoms with Gasteiger partial charge in [0, 0.05) is 12.5 Å². The Hall–Kier alpha value is -1.83. The number of alkyl carbamates (subject to hydrolysis) is 1. The molecule has 2 aliphatic heterocycles. The number of cyclic esters (lactones) is 1. The Morgan fingerprint density at radius 3 is 2.71 bits per heavy atom. The summed E-state index contributed by atoms with van der Waals surface area (Å²) in [7, 11) is 0. The Bertz CT molecular complexity index is 551. The van der Waals surface area contributed by atoms with Gasteiger partial charge in [0.15, 0.2) is 0 Å². The molecule has 0 aromatic rings. The number of hydrogen-bond acceptors (Lipinski definition) is 6. The smallest absolute Gasteiger partial charge is 0.408 e. The molecule has 2 heterocycles. The SMILES string of the molecule is CC(C)OC(=O)N[C@@H]1C(=O)N2C[C@@H]3C(O)CC[C@@H]3[C@H]2C(=O)OC1C. The van der Waals surface area contributed by atoms with Gasteiger partial charge in [0.05, 0.1) is 12.2 Å². The Morgan fingerprint density at radius 2 is 2.04 bits per heavy atom. The number of nitrogens with zero attached hydrogens (tertiary/aromatic N) is 1. The van der Waals surface area contributed by atoms with Crippen LogP contribution in [0.2, 0.25) is 0 Å². The monoisotopic (exact) mass is 340 g/mol. The molecule has 8 heteroatoms. The van der Waals surface area contributed by atoms with Gasteiger partial charge in [0.25, 0.3) is 0 Å². The number of rotatable bonds is 2. The van der Waals surface area contributed by atoms with E-state index in [2.05, 4.69) is 5.32 Å². The van der Waals surface area contributed by atoms with Crippen molar-refractivity contribution in [3.8, 4) is 0 Å². The molecule has 2 saturated heterocycles. The molecule has 3 fully saturated rings. The van der Waals surface area contributed by atoms with Crippen molar-refractivity contribution >= 4 is 18.0 Å². The van der Waals surface area contributed by atoms with Gasteiger partial charge >= 0.3 is 12.1 Å². The molecule has 8 nitrogen and oxygen atoms in total. The van der Waals surface area contributed by atoms with E-state index in [1.54, 1.807) is 20.8 Å². The highest BCUT2D eigenvalue weighted by molar-refractivity contribution is 5.93. The second-order valence-electron chi connectivity index (χ2n) is 7.13. The number of amides is 2. The van der Waals surface area contributed by atoms with Crippen molar-refractivity contribution in [1.29, 1.82) is 0 Å². The third-order valence-electron chi connectivity index (χ3n) is 5.17. The van der Waals surface area contributed by atoms with Crippen molar-refractivity contribution in [2.24, 2.45) is 11.8 Å². The number of esters is 1. The van der Waals surface area contributed by atoms with Crippen LogP contribution in [-0.4, -0.2) is 64.9 Å². The zero-order valence-electron chi connectivity index (χ0n) is 14.1. The Labute approximate surface area is 140 Å². The van der Waals surface area contributed by atoms with Gasteiger partial charge in [-0.05, 0) is 39.5 Å². The number of aliphatic hydroxyl groups excluding tert-OH is 1. The zero-order valence-corrected chi connectivity index (χ0v) is 14.1. The largest absolute Gasteiger partial charge is 0.458 e. The first-order valence-corrected chi connectivity index (χ1v) is 8.45. The maximum absolute atomic E-state index is 12.9. The van der Waals surface area contributed by atoms with Crippen molar-refractivity contribution in [2.75, 3.05) is 6.54 Å². The lowest BCUT2D eigenvalue weighted by Gasteiger charge is -2.26. The second-order valence-corrected chi connectivity index (χ2v) is 7.13. The molecular formula is C16H24N2O6. The minimum atomic E-state index is -0.985. The van der Waals surface area contributed by atoms with Crippen molar-refractivity contribution < 1.29 is 29.0 Å². The third-order valence-corrected chi connectivity index (χ3v) is 5.17. The molecule has 0 radical (unpaired) electrons. The lowest BCUT2D eigenvalue weighted by molar-refractivity contribution is -0.153. The summed E-state index contributed by atoms with van der Waals surface area (Å²) in [6.07, 6.45) is -0.990. The minimum Gasteiger partial charge on any atom is -0.458 e. The lowest BCUT2D eigenvalue weighted by atomic mass is 9.93. The summed E-state index contributed by atoms with van der Waals surface area (Å²) < 4.78 is 10.4. The second kappa shape index (κ2) is 6.23. The van der Waals surface area contributed by atoms with Crippen LogP contribution in [0.4, 0.5) is 4.79 Å². The number of hydrogen-bond donors (Lipinski definition) is 2. The Morgan fingerprint density at radius 1 is 1.33 bits per heavy atom. The fourth-order valence-corrected chi connectivity index (χ4v) is 4.08. The molecule has 0 aromatic carbocycles. The summed E-state index contributed by atoms with van der Waals surface area (Å²) in [5.41, 5.74) is 0. The van der Waals surface area contributed by atoms with E-state index in [1.165, 1.54) is 4.90 Å². The quantitative estimate of drug-likeness (QED) is 0.687. The van der Waals surface area contributed by atoms with E-state index in [0.717, 1.165) is 0 Å². The third kappa shape index (κ3) is 2.83. The van der Waals surface area contributed by atoms with Gasteiger partial charge in [-0.25, -0.2) is 9.59 Å². The van der Waals surface area contributed by atoms with Gasteiger partial charge in [-0.3, -0.25) is 4.79 Å². The molecule has 24 heavy (non-hydrogen) atoms. The van der Waals surface area contributed by atoms with Gasteiger partial charge in [-0.2, -0.15) is 0 Å². The summed E-state index contributed by atoms with van der Waals surface area (Å²) >= 11 is 0. The van der Waals surface area contributed by atoms with Crippen LogP contribution in [0.1, 0.15) is 33.6 Å². The van der Waals surface area contributed by atoms with Crippen molar-refractivity contribution in [3.63, 3.8) is 0 Å². The number of carbonyl (C=O) groups excluding carboxylic acids is 3. The maximum atomic E-state index is 12.9. The van der Waals surface area contributed by atoms with Crippen molar-refractivity contribution in [1.82, 2.24) is 10.2 Å². The van der Waals surface area contributed by atoms with Gasteiger partial charge in [-0.1, -0.05) is 0 Å². The highest BCUT2D eigenvalue weighted by Crippen LogP contribution is 2.44. The standard InChI is InChI=1S/C16H24N2O6/c1-7(2)23-16(22)17-12-8(3)24-15(21)13-9-4-5-11(19)10(9)6-18(13)14(12)20/h7-13,19H,4-6H2,1-3H3,(H,17,22)/t8?,9-,10-,11?,12-,13-/m0/s1. The molecule has 2 amide bonds. The molecule has 6 atom stereocenters. The van der Waals surface area contributed by atoms with Crippen LogP contribution in [0.3, 0.4) is 0 Å². The molecule has 1 aliphatic carbocycles. The van der Waals surface area contributed by atoms with Crippen LogP contribution in [0.15, 0.2) is 0 Å². The first kappa shape index (κ1) is 17.0. The average molecular weight is 340 g/mol. The number of carbonyl (C=O) groups is 3. The number of nitrogens with one attached hydrogen (secondary N) is 1. The van der Waals surface area contributed by atoms with E-state index in [0.29, 0.717) is 19.4 Å².